The van der Waals surface area contributed by atoms with E-state index in [2.05, 4.69) is 10.5 Å². The van der Waals surface area contributed by atoms with Gasteiger partial charge in [-0.3, -0.25) is 5.32 Å². The molecule has 0 fully saturated rings. The molecule has 3 nitrogen and oxygen atoms in total. The van der Waals surface area contributed by atoms with Gasteiger partial charge in [0.25, 0.3) is 0 Å². The van der Waals surface area contributed by atoms with Gasteiger partial charge in [0, 0.05) is 17.7 Å². The van der Waals surface area contributed by atoms with E-state index in [1.165, 1.54) is 0 Å². The van der Waals surface area contributed by atoms with E-state index in [1.807, 2.05) is 0 Å². The zero-order valence-electron chi connectivity index (χ0n) is 11.8. The van der Waals surface area contributed by atoms with Crippen LogP contribution in [-0.4, -0.2) is 11.3 Å². The Morgan fingerprint density at radius 1 is 1.18 bits per heavy atom. The fourth-order valence-electron chi connectivity index (χ4n) is 2.13. The highest BCUT2D eigenvalue weighted by molar-refractivity contribution is 5.26. The fraction of sp³-hybridized carbons (Fsp3) is 0.357. The highest BCUT2D eigenvalue weighted by Crippen LogP contribution is 2.35. The van der Waals surface area contributed by atoms with Crippen molar-refractivity contribution < 1.29 is 26.5 Å². The molecule has 1 heterocycles. The van der Waals surface area contributed by atoms with Crippen LogP contribution in [0.15, 0.2) is 22.7 Å². The van der Waals surface area contributed by atoms with Gasteiger partial charge in [-0.25, -0.2) is 8.78 Å². The van der Waals surface area contributed by atoms with Crippen LogP contribution in [0, 0.1) is 25.5 Å². The van der Waals surface area contributed by atoms with Crippen LogP contribution in [-0.2, 0) is 6.54 Å². The maximum absolute atomic E-state index is 13.6. The van der Waals surface area contributed by atoms with E-state index in [0.717, 1.165) is 18.2 Å². The Morgan fingerprint density at radius 2 is 1.77 bits per heavy atom. The van der Waals surface area contributed by atoms with Gasteiger partial charge in [-0.2, -0.15) is 13.2 Å². The second-order valence-electron chi connectivity index (χ2n) is 4.79. The molecular formula is C14H13F5N2O. The summed E-state index contributed by atoms with van der Waals surface area (Å²) in [5.74, 6) is -2.16. The van der Waals surface area contributed by atoms with Gasteiger partial charge in [0.2, 0.25) is 0 Å². The molecule has 2 aromatic rings. The van der Waals surface area contributed by atoms with Gasteiger partial charge in [0.05, 0.1) is 5.69 Å². The molecule has 0 spiro atoms. The summed E-state index contributed by atoms with van der Waals surface area (Å²) < 4.78 is 71.6. The number of hydrogen-bond acceptors (Lipinski definition) is 3. The van der Waals surface area contributed by atoms with Crippen molar-refractivity contribution >= 4 is 0 Å². The Labute approximate surface area is 123 Å². The number of aromatic nitrogens is 1. The first-order valence-corrected chi connectivity index (χ1v) is 6.37. The van der Waals surface area contributed by atoms with E-state index < -0.39 is 29.4 Å². The number of hydrogen-bond donors (Lipinski definition) is 1. The monoisotopic (exact) mass is 320 g/mol. The molecule has 1 aromatic heterocycles. The number of rotatable bonds is 4. The number of halogens is 5. The molecule has 2 rings (SSSR count). The average molecular weight is 320 g/mol. The Hall–Kier alpha value is -1.96. The summed E-state index contributed by atoms with van der Waals surface area (Å²) in [5.41, 5.74) is -0.215. The highest BCUT2D eigenvalue weighted by Gasteiger charge is 2.43. The van der Waals surface area contributed by atoms with E-state index in [-0.39, 0.29) is 6.54 Å². The maximum atomic E-state index is 13.6. The third-order valence-corrected chi connectivity index (χ3v) is 3.28. The third-order valence-electron chi connectivity index (χ3n) is 3.28. The van der Waals surface area contributed by atoms with Gasteiger partial charge in [0.15, 0.2) is 0 Å². The standard InChI is InChI=1S/C14H13F5N2O/c1-7-9(8(2)22-21-7)6-20-13(14(17,18)19)12-10(15)4-3-5-11(12)16/h3-5,13,20H,6H2,1-2H3. The van der Waals surface area contributed by atoms with Crippen molar-refractivity contribution in [1.29, 1.82) is 0 Å². The molecule has 0 amide bonds. The Bertz CT molecular complexity index is 626. The van der Waals surface area contributed by atoms with Crippen molar-refractivity contribution in [2.45, 2.75) is 32.6 Å². The van der Waals surface area contributed by atoms with Crippen molar-refractivity contribution in [2.24, 2.45) is 0 Å². The van der Waals surface area contributed by atoms with Crippen molar-refractivity contribution in [3.05, 3.63) is 52.4 Å². The predicted molar refractivity (Wildman–Crippen MR) is 68.0 cm³/mol. The molecule has 120 valence electrons. The molecular weight excluding hydrogens is 307 g/mol. The normalized spacial score (nSPS) is 13.4. The minimum Gasteiger partial charge on any atom is -0.361 e. The Balaban J connectivity index is 2.33. The summed E-state index contributed by atoms with van der Waals surface area (Å²) in [6.07, 6.45) is -4.86. The summed E-state index contributed by atoms with van der Waals surface area (Å²) >= 11 is 0. The molecule has 0 aliphatic rings. The molecule has 1 N–H and O–H groups in total. The topological polar surface area (TPSA) is 38.1 Å². The lowest BCUT2D eigenvalue weighted by molar-refractivity contribution is -0.159. The highest BCUT2D eigenvalue weighted by atomic mass is 19.4. The first-order chi connectivity index (χ1) is 10.2. The van der Waals surface area contributed by atoms with E-state index >= 15 is 0 Å². The lowest BCUT2D eigenvalue weighted by atomic mass is 10.0. The Kier molecular flexibility index (Phi) is 4.50. The zero-order chi connectivity index (χ0) is 16.5. The summed E-state index contributed by atoms with van der Waals surface area (Å²) in [4.78, 5) is 0. The molecule has 0 aliphatic carbocycles. The van der Waals surface area contributed by atoms with E-state index in [1.54, 1.807) is 13.8 Å². The summed E-state index contributed by atoms with van der Waals surface area (Å²) in [7, 11) is 0. The molecule has 0 saturated carbocycles. The third kappa shape index (κ3) is 3.27. The predicted octanol–water partition coefficient (Wildman–Crippen LogP) is 3.96. The number of nitrogens with one attached hydrogen (secondary N) is 1. The van der Waals surface area contributed by atoms with Gasteiger partial charge in [-0.05, 0) is 26.0 Å². The number of benzene rings is 1. The number of nitrogens with zero attached hydrogens (tertiary/aromatic N) is 1. The molecule has 0 radical (unpaired) electrons. The number of alkyl halides is 3. The van der Waals surface area contributed by atoms with Crippen LogP contribution in [0.5, 0.6) is 0 Å². The molecule has 8 heteroatoms. The van der Waals surface area contributed by atoms with Crippen LogP contribution in [0.4, 0.5) is 22.0 Å². The molecule has 1 atom stereocenters. The lowest BCUT2D eigenvalue weighted by Gasteiger charge is -2.23. The van der Waals surface area contributed by atoms with Gasteiger partial charge in [0.1, 0.15) is 23.4 Å². The quantitative estimate of drug-likeness (QED) is 0.867. The molecule has 0 bridgehead atoms. The smallest absolute Gasteiger partial charge is 0.361 e. The first-order valence-electron chi connectivity index (χ1n) is 6.37. The Morgan fingerprint density at radius 3 is 2.23 bits per heavy atom. The van der Waals surface area contributed by atoms with E-state index in [9.17, 15) is 22.0 Å². The molecule has 1 aromatic carbocycles. The van der Waals surface area contributed by atoms with Gasteiger partial charge >= 0.3 is 6.18 Å². The van der Waals surface area contributed by atoms with Gasteiger partial charge < -0.3 is 4.52 Å². The first kappa shape index (κ1) is 16.4. The lowest BCUT2D eigenvalue weighted by Crippen LogP contribution is -2.35. The van der Waals surface area contributed by atoms with Gasteiger partial charge in [-0.15, -0.1) is 0 Å². The SMILES string of the molecule is Cc1noc(C)c1CNC(c1c(F)cccc1F)C(F)(F)F. The maximum Gasteiger partial charge on any atom is 0.408 e. The molecule has 22 heavy (non-hydrogen) atoms. The van der Waals surface area contributed by atoms with Crippen molar-refractivity contribution in [1.82, 2.24) is 10.5 Å². The summed E-state index contributed by atoms with van der Waals surface area (Å²) in [6, 6.07) is 0.113. The van der Waals surface area contributed by atoms with Crippen molar-refractivity contribution in [3.63, 3.8) is 0 Å². The summed E-state index contributed by atoms with van der Waals surface area (Å²) in [5, 5.41) is 5.76. The minimum atomic E-state index is -4.86. The van der Waals surface area contributed by atoms with Crippen LogP contribution in [0.2, 0.25) is 0 Å². The fourth-order valence-corrected chi connectivity index (χ4v) is 2.13. The second kappa shape index (κ2) is 6.04. The van der Waals surface area contributed by atoms with Crippen molar-refractivity contribution in [3.8, 4) is 0 Å². The molecule has 1 unspecified atom stereocenters. The molecule has 0 aliphatic heterocycles. The van der Waals surface area contributed by atoms with Gasteiger partial charge in [-0.1, -0.05) is 11.2 Å². The van der Waals surface area contributed by atoms with Crippen LogP contribution >= 0.6 is 0 Å². The molecule has 0 saturated heterocycles. The minimum absolute atomic E-state index is 0.279. The van der Waals surface area contributed by atoms with E-state index in [0.29, 0.717) is 17.0 Å². The van der Waals surface area contributed by atoms with Crippen LogP contribution < -0.4 is 5.32 Å². The average Bonchev–Trinajstić information content (AvgIpc) is 2.71. The summed E-state index contributed by atoms with van der Waals surface area (Å²) in [6.45, 7) is 2.84. The largest absolute Gasteiger partial charge is 0.408 e. The van der Waals surface area contributed by atoms with E-state index in [4.69, 9.17) is 4.52 Å². The zero-order valence-corrected chi connectivity index (χ0v) is 11.8. The van der Waals surface area contributed by atoms with Crippen LogP contribution in [0.1, 0.15) is 28.6 Å². The van der Waals surface area contributed by atoms with Crippen LogP contribution in [0.25, 0.3) is 0 Å². The second-order valence-corrected chi connectivity index (χ2v) is 4.79. The number of aryl methyl sites for hydroxylation is 2. The van der Waals surface area contributed by atoms with Crippen LogP contribution in [0.3, 0.4) is 0 Å². The van der Waals surface area contributed by atoms with Crippen molar-refractivity contribution in [2.75, 3.05) is 0 Å².